The lowest BCUT2D eigenvalue weighted by Gasteiger charge is -2.08. The SMILES string of the molecule is O=C(Nc1nnc(C2CCCC2)s1)c1ccc(CC2CCNC2)cc1. The standard InChI is InChI=1S/C19H24N4OS/c24-17(21-19-23-22-18(25-19)16-3-1-2-4-16)15-7-5-13(6-8-15)11-14-9-10-20-12-14/h5-8,14,16,20H,1-4,9-12H2,(H,21,23,24). The van der Waals surface area contributed by atoms with E-state index in [0.29, 0.717) is 16.6 Å². The Labute approximate surface area is 152 Å². The molecule has 0 bridgehead atoms. The van der Waals surface area contributed by atoms with Gasteiger partial charge < -0.3 is 5.32 Å². The lowest BCUT2D eigenvalue weighted by molar-refractivity contribution is 0.102. The largest absolute Gasteiger partial charge is 0.316 e. The molecule has 132 valence electrons. The van der Waals surface area contributed by atoms with Crippen LogP contribution < -0.4 is 10.6 Å². The normalized spacial score (nSPS) is 20.9. The van der Waals surface area contributed by atoms with Gasteiger partial charge in [-0.3, -0.25) is 10.1 Å². The number of aromatic nitrogens is 2. The highest BCUT2D eigenvalue weighted by atomic mass is 32.1. The number of hydrogen-bond acceptors (Lipinski definition) is 5. The van der Waals surface area contributed by atoms with E-state index in [-0.39, 0.29) is 5.91 Å². The van der Waals surface area contributed by atoms with Crippen LogP contribution in [-0.2, 0) is 6.42 Å². The third-order valence-electron chi connectivity index (χ3n) is 5.27. The molecular formula is C19H24N4OS. The Morgan fingerprint density at radius 3 is 2.68 bits per heavy atom. The highest BCUT2D eigenvalue weighted by Crippen LogP contribution is 2.36. The van der Waals surface area contributed by atoms with Crippen LogP contribution in [0.5, 0.6) is 0 Å². The van der Waals surface area contributed by atoms with E-state index in [2.05, 4.69) is 33.0 Å². The van der Waals surface area contributed by atoms with Crippen molar-refractivity contribution in [2.24, 2.45) is 5.92 Å². The number of hydrogen-bond donors (Lipinski definition) is 2. The van der Waals surface area contributed by atoms with E-state index in [1.165, 1.54) is 49.0 Å². The lowest BCUT2D eigenvalue weighted by atomic mass is 9.98. The summed E-state index contributed by atoms with van der Waals surface area (Å²) in [6.45, 7) is 2.22. The molecule has 2 aromatic rings. The molecule has 1 aliphatic carbocycles. The summed E-state index contributed by atoms with van der Waals surface area (Å²) in [6.07, 6.45) is 7.25. The van der Waals surface area contributed by atoms with E-state index in [1.54, 1.807) is 0 Å². The van der Waals surface area contributed by atoms with Crippen molar-refractivity contribution < 1.29 is 4.79 Å². The van der Waals surface area contributed by atoms with Gasteiger partial charge in [-0.25, -0.2) is 0 Å². The van der Waals surface area contributed by atoms with Gasteiger partial charge in [-0.1, -0.05) is 36.3 Å². The van der Waals surface area contributed by atoms with Crippen LogP contribution in [0.3, 0.4) is 0 Å². The predicted octanol–water partition coefficient (Wildman–Crippen LogP) is 3.60. The van der Waals surface area contributed by atoms with Crippen LogP contribution in [0, 0.1) is 5.92 Å². The van der Waals surface area contributed by atoms with Crippen LogP contribution in [0.1, 0.15) is 59.0 Å². The number of benzene rings is 1. The molecule has 0 spiro atoms. The van der Waals surface area contributed by atoms with Gasteiger partial charge in [0.05, 0.1) is 0 Å². The predicted molar refractivity (Wildman–Crippen MR) is 100 cm³/mol. The number of rotatable bonds is 5. The molecule has 5 nitrogen and oxygen atoms in total. The van der Waals surface area contributed by atoms with Crippen molar-refractivity contribution in [3.63, 3.8) is 0 Å². The summed E-state index contributed by atoms with van der Waals surface area (Å²) in [5, 5.41) is 16.4. The Bertz CT molecular complexity index is 715. The smallest absolute Gasteiger partial charge is 0.257 e. The van der Waals surface area contributed by atoms with Gasteiger partial charge in [0, 0.05) is 11.5 Å². The molecule has 1 aromatic carbocycles. The summed E-state index contributed by atoms with van der Waals surface area (Å²) in [4.78, 5) is 12.4. The zero-order valence-electron chi connectivity index (χ0n) is 14.3. The number of carbonyl (C=O) groups is 1. The molecule has 1 aromatic heterocycles. The highest BCUT2D eigenvalue weighted by molar-refractivity contribution is 7.15. The van der Waals surface area contributed by atoms with Crippen LogP contribution in [0.4, 0.5) is 5.13 Å². The third kappa shape index (κ3) is 4.07. The first-order valence-electron chi connectivity index (χ1n) is 9.22. The van der Waals surface area contributed by atoms with Crippen molar-refractivity contribution >= 4 is 22.4 Å². The van der Waals surface area contributed by atoms with Crippen molar-refractivity contribution in [2.75, 3.05) is 18.4 Å². The summed E-state index contributed by atoms with van der Waals surface area (Å²) in [5.41, 5.74) is 1.97. The van der Waals surface area contributed by atoms with Gasteiger partial charge >= 0.3 is 0 Å². The minimum atomic E-state index is -0.108. The number of carbonyl (C=O) groups excluding carboxylic acids is 1. The minimum Gasteiger partial charge on any atom is -0.316 e. The first-order valence-corrected chi connectivity index (χ1v) is 10.0. The maximum atomic E-state index is 12.4. The second kappa shape index (κ2) is 7.62. The van der Waals surface area contributed by atoms with Gasteiger partial charge in [-0.15, -0.1) is 10.2 Å². The fraction of sp³-hybridized carbons (Fsp3) is 0.526. The average molecular weight is 356 g/mol. The Morgan fingerprint density at radius 1 is 1.16 bits per heavy atom. The van der Waals surface area contributed by atoms with E-state index in [0.717, 1.165) is 30.4 Å². The van der Waals surface area contributed by atoms with Crippen LogP contribution in [0.15, 0.2) is 24.3 Å². The van der Waals surface area contributed by atoms with Gasteiger partial charge in [0.15, 0.2) is 0 Å². The molecule has 2 N–H and O–H groups in total. The van der Waals surface area contributed by atoms with E-state index in [1.807, 2.05) is 12.1 Å². The van der Waals surface area contributed by atoms with Crippen LogP contribution >= 0.6 is 11.3 Å². The summed E-state index contributed by atoms with van der Waals surface area (Å²) < 4.78 is 0. The van der Waals surface area contributed by atoms with Gasteiger partial charge in [0.2, 0.25) is 5.13 Å². The van der Waals surface area contributed by atoms with Gasteiger partial charge in [0.25, 0.3) is 5.91 Å². The lowest BCUT2D eigenvalue weighted by Crippen LogP contribution is -2.12. The van der Waals surface area contributed by atoms with Crippen molar-refractivity contribution in [2.45, 2.75) is 44.4 Å². The molecule has 1 atom stereocenters. The first-order chi connectivity index (χ1) is 12.3. The molecule has 1 unspecified atom stereocenters. The molecule has 2 aliphatic rings. The van der Waals surface area contributed by atoms with Gasteiger partial charge in [0.1, 0.15) is 5.01 Å². The molecule has 25 heavy (non-hydrogen) atoms. The Hall–Kier alpha value is -1.79. The molecule has 0 radical (unpaired) electrons. The van der Waals surface area contributed by atoms with E-state index in [9.17, 15) is 4.79 Å². The summed E-state index contributed by atoms with van der Waals surface area (Å²) in [6, 6.07) is 7.95. The maximum absolute atomic E-state index is 12.4. The van der Waals surface area contributed by atoms with Crippen molar-refractivity contribution in [3.05, 3.63) is 40.4 Å². The number of anilines is 1. The minimum absolute atomic E-state index is 0.108. The van der Waals surface area contributed by atoms with Crippen LogP contribution in [-0.4, -0.2) is 29.2 Å². The number of nitrogens with one attached hydrogen (secondary N) is 2. The summed E-state index contributed by atoms with van der Waals surface area (Å²) in [7, 11) is 0. The zero-order chi connectivity index (χ0) is 17.1. The van der Waals surface area contributed by atoms with E-state index in [4.69, 9.17) is 0 Å². The maximum Gasteiger partial charge on any atom is 0.257 e. The fourth-order valence-corrected chi connectivity index (χ4v) is 4.71. The fourth-order valence-electron chi connectivity index (χ4n) is 3.81. The first kappa shape index (κ1) is 16.7. The van der Waals surface area contributed by atoms with Gasteiger partial charge in [-0.05, 0) is 62.4 Å². The molecule has 1 aliphatic heterocycles. The monoisotopic (exact) mass is 356 g/mol. The second-order valence-corrected chi connectivity index (χ2v) is 8.15. The molecule has 1 saturated carbocycles. The highest BCUT2D eigenvalue weighted by Gasteiger charge is 2.21. The Kier molecular flexibility index (Phi) is 5.08. The van der Waals surface area contributed by atoms with Gasteiger partial charge in [-0.2, -0.15) is 0 Å². The molecular weight excluding hydrogens is 332 g/mol. The second-order valence-electron chi connectivity index (χ2n) is 7.14. The van der Waals surface area contributed by atoms with Crippen molar-refractivity contribution in [1.29, 1.82) is 0 Å². The number of amides is 1. The molecule has 4 rings (SSSR count). The molecule has 2 heterocycles. The summed E-state index contributed by atoms with van der Waals surface area (Å²) in [5.74, 6) is 1.14. The van der Waals surface area contributed by atoms with Crippen LogP contribution in [0.25, 0.3) is 0 Å². The molecule has 1 amide bonds. The van der Waals surface area contributed by atoms with E-state index >= 15 is 0 Å². The molecule has 2 fully saturated rings. The summed E-state index contributed by atoms with van der Waals surface area (Å²) >= 11 is 1.52. The Morgan fingerprint density at radius 2 is 1.96 bits per heavy atom. The topological polar surface area (TPSA) is 66.9 Å². The van der Waals surface area contributed by atoms with Crippen LogP contribution in [0.2, 0.25) is 0 Å². The average Bonchev–Trinajstić information content (AvgIpc) is 3.38. The zero-order valence-corrected chi connectivity index (χ0v) is 15.1. The Balaban J connectivity index is 1.35. The molecule has 1 saturated heterocycles. The quantitative estimate of drug-likeness (QED) is 0.859. The van der Waals surface area contributed by atoms with Crippen molar-refractivity contribution in [3.8, 4) is 0 Å². The molecule has 6 heteroatoms. The van der Waals surface area contributed by atoms with Crippen molar-refractivity contribution in [1.82, 2.24) is 15.5 Å². The third-order valence-corrected chi connectivity index (χ3v) is 6.27. The number of nitrogens with zero attached hydrogens (tertiary/aromatic N) is 2. The van der Waals surface area contributed by atoms with E-state index < -0.39 is 0 Å².